The molecule has 0 amide bonds. The average Bonchev–Trinajstić information content (AvgIpc) is 2.88. The molecule has 0 aromatic carbocycles. The fourth-order valence-corrected chi connectivity index (χ4v) is 2.88. The summed E-state index contributed by atoms with van der Waals surface area (Å²) in [5.41, 5.74) is 0. The van der Waals surface area contributed by atoms with E-state index in [2.05, 4.69) is 15.7 Å². The smallest absolute Gasteiger partial charge is 0.0924 e. The molecule has 0 bridgehead atoms. The molecule has 15 heavy (non-hydrogen) atoms. The van der Waals surface area contributed by atoms with Crippen molar-refractivity contribution in [3.05, 3.63) is 16.6 Å². The summed E-state index contributed by atoms with van der Waals surface area (Å²) in [6.07, 6.45) is 11.3. The van der Waals surface area contributed by atoms with E-state index >= 15 is 0 Å². The Bertz CT molecular complexity index is 253. The number of aromatic nitrogens is 1. The molecule has 0 aliphatic heterocycles. The predicted molar refractivity (Wildman–Crippen MR) is 65.3 cm³/mol. The summed E-state index contributed by atoms with van der Waals surface area (Å²) < 4.78 is 0. The molecule has 2 nitrogen and oxygen atoms in total. The van der Waals surface area contributed by atoms with Crippen molar-refractivity contribution in [1.82, 2.24) is 10.3 Å². The summed E-state index contributed by atoms with van der Waals surface area (Å²) in [6.45, 7) is 1.19. The number of hydrogen-bond donors (Lipinski definition) is 1. The Morgan fingerprint density at radius 3 is 2.93 bits per heavy atom. The van der Waals surface area contributed by atoms with Crippen LogP contribution in [0, 0.1) is 0 Å². The zero-order chi connectivity index (χ0) is 10.3. The highest BCUT2D eigenvalue weighted by Gasteiger charge is 2.12. The van der Waals surface area contributed by atoms with E-state index in [-0.39, 0.29) is 0 Å². The molecule has 1 aromatic rings. The third-order valence-electron chi connectivity index (χ3n) is 3.09. The van der Waals surface area contributed by atoms with Crippen molar-refractivity contribution in [1.29, 1.82) is 0 Å². The van der Waals surface area contributed by atoms with E-state index in [1.807, 2.05) is 6.20 Å². The van der Waals surface area contributed by atoms with Crippen LogP contribution in [0.25, 0.3) is 0 Å². The Kier molecular flexibility index (Phi) is 4.61. The van der Waals surface area contributed by atoms with Crippen LogP contribution in [-0.4, -0.2) is 17.6 Å². The molecule has 1 aliphatic carbocycles. The summed E-state index contributed by atoms with van der Waals surface area (Å²) in [5.74, 6) is 0. The van der Waals surface area contributed by atoms with Crippen molar-refractivity contribution in [3.8, 4) is 0 Å². The molecule has 84 valence electrons. The van der Waals surface area contributed by atoms with Gasteiger partial charge in [0.1, 0.15) is 0 Å². The van der Waals surface area contributed by atoms with Gasteiger partial charge in [-0.05, 0) is 38.6 Å². The van der Waals surface area contributed by atoms with E-state index in [1.54, 1.807) is 11.3 Å². The van der Waals surface area contributed by atoms with Crippen molar-refractivity contribution >= 4 is 11.3 Å². The van der Waals surface area contributed by atoms with Crippen LogP contribution in [0.1, 0.15) is 43.5 Å². The number of thiazole rings is 1. The average molecular weight is 224 g/mol. The molecule has 0 atom stereocenters. The summed E-state index contributed by atoms with van der Waals surface area (Å²) in [5, 5.41) is 6.99. The van der Waals surface area contributed by atoms with Gasteiger partial charge >= 0.3 is 0 Å². The lowest BCUT2D eigenvalue weighted by atomic mass is 10.2. The molecule has 1 aliphatic rings. The van der Waals surface area contributed by atoms with E-state index in [1.165, 1.54) is 50.1 Å². The van der Waals surface area contributed by atoms with Crippen LogP contribution in [0.15, 0.2) is 11.6 Å². The van der Waals surface area contributed by atoms with Gasteiger partial charge in [-0.15, -0.1) is 11.3 Å². The maximum atomic E-state index is 4.29. The monoisotopic (exact) mass is 224 g/mol. The molecule has 1 fully saturated rings. The molecule has 1 N–H and O–H groups in total. The van der Waals surface area contributed by atoms with Crippen molar-refractivity contribution in [2.75, 3.05) is 6.54 Å². The highest BCUT2D eigenvalue weighted by atomic mass is 32.1. The molecule has 0 saturated heterocycles. The molecule has 1 aromatic heterocycles. The zero-order valence-electron chi connectivity index (χ0n) is 9.24. The molecule has 2 rings (SSSR count). The van der Waals surface area contributed by atoms with Gasteiger partial charge < -0.3 is 5.32 Å². The molecule has 3 heteroatoms. The Morgan fingerprint density at radius 2 is 2.20 bits per heavy atom. The topological polar surface area (TPSA) is 24.9 Å². The molecule has 0 spiro atoms. The van der Waals surface area contributed by atoms with Gasteiger partial charge in [-0.2, -0.15) is 0 Å². The lowest BCUT2D eigenvalue weighted by Gasteiger charge is -2.10. The Balaban J connectivity index is 1.48. The van der Waals surface area contributed by atoms with E-state index in [9.17, 15) is 0 Å². The van der Waals surface area contributed by atoms with Gasteiger partial charge in [0.25, 0.3) is 0 Å². The van der Waals surface area contributed by atoms with Gasteiger partial charge in [0.05, 0.1) is 5.01 Å². The second-order valence-corrected chi connectivity index (χ2v) is 5.30. The highest BCUT2D eigenvalue weighted by molar-refractivity contribution is 7.09. The lowest BCUT2D eigenvalue weighted by molar-refractivity contribution is 0.508. The van der Waals surface area contributed by atoms with Crippen LogP contribution in [0.4, 0.5) is 0 Å². The summed E-state index contributed by atoms with van der Waals surface area (Å²) in [4.78, 5) is 4.29. The number of hydrogen-bond acceptors (Lipinski definition) is 3. The highest BCUT2D eigenvalue weighted by Crippen LogP contribution is 2.17. The quantitative estimate of drug-likeness (QED) is 0.751. The first-order valence-corrected chi connectivity index (χ1v) is 6.95. The fraction of sp³-hybridized carbons (Fsp3) is 0.750. The summed E-state index contributed by atoms with van der Waals surface area (Å²) in [6, 6.07) is 0.824. The van der Waals surface area contributed by atoms with Crippen molar-refractivity contribution in [2.24, 2.45) is 0 Å². The second-order valence-electron chi connectivity index (χ2n) is 4.32. The van der Waals surface area contributed by atoms with E-state index in [0.29, 0.717) is 0 Å². The number of rotatable bonds is 6. The molecular weight excluding hydrogens is 204 g/mol. The maximum Gasteiger partial charge on any atom is 0.0924 e. The van der Waals surface area contributed by atoms with Crippen LogP contribution in [0.3, 0.4) is 0 Å². The molecule has 0 unspecified atom stereocenters. The third-order valence-corrected chi connectivity index (χ3v) is 3.93. The van der Waals surface area contributed by atoms with Gasteiger partial charge in [-0.1, -0.05) is 12.8 Å². The van der Waals surface area contributed by atoms with Crippen LogP contribution in [0.5, 0.6) is 0 Å². The molecule has 0 radical (unpaired) electrons. The Labute approximate surface area is 96.1 Å². The molecule has 1 heterocycles. The summed E-state index contributed by atoms with van der Waals surface area (Å²) >= 11 is 1.77. The largest absolute Gasteiger partial charge is 0.314 e. The Hall–Kier alpha value is -0.410. The van der Waals surface area contributed by atoms with Crippen molar-refractivity contribution in [3.63, 3.8) is 0 Å². The van der Waals surface area contributed by atoms with Gasteiger partial charge in [0.15, 0.2) is 0 Å². The Morgan fingerprint density at radius 1 is 1.33 bits per heavy atom. The van der Waals surface area contributed by atoms with Crippen molar-refractivity contribution < 1.29 is 0 Å². The first-order chi connectivity index (χ1) is 7.45. The maximum absolute atomic E-state index is 4.29. The first kappa shape index (κ1) is 11.1. The second kappa shape index (κ2) is 6.23. The number of aryl methyl sites for hydroxylation is 1. The number of nitrogens with zero attached hydrogens (tertiary/aromatic N) is 1. The number of unbranched alkanes of at least 4 members (excludes halogenated alkanes) is 1. The van der Waals surface area contributed by atoms with Gasteiger partial charge in [-0.25, -0.2) is 4.98 Å². The fourth-order valence-electron chi connectivity index (χ4n) is 2.21. The predicted octanol–water partition coefficient (Wildman–Crippen LogP) is 3.00. The van der Waals surface area contributed by atoms with Gasteiger partial charge in [-0.3, -0.25) is 0 Å². The van der Waals surface area contributed by atoms with E-state index in [4.69, 9.17) is 0 Å². The van der Waals surface area contributed by atoms with Gasteiger partial charge in [0.2, 0.25) is 0 Å². The van der Waals surface area contributed by atoms with Crippen LogP contribution in [0.2, 0.25) is 0 Å². The SMILES string of the molecule is c1csc(CCCCNC2CCCC2)n1. The minimum atomic E-state index is 0.824. The standard InChI is InChI=1S/C12H20N2S/c1-2-6-11(5-1)13-8-4-3-7-12-14-9-10-15-12/h9-11,13H,1-8H2. The zero-order valence-corrected chi connectivity index (χ0v) is 10.1. The van der Waals surface area contributed by atoms with E-state index < -0.39 is 0 Å². The third kappa shape index (κ3) is 3.92. The van der Waals surface area contributed by atoms with E-state index in [0.717, 1.165) is 12.5 Å². The summed E-state index contributed by atoms with van der Waals surface area (Å²) in [7, 11) is 0. The van der Waals surface area contributed by atoms with Crippen LogP contribution in [-0.2, 0) is 6.42 Å². The number of nitrogens with one attached hydrogen (secondary N) is 1. The lowest BCUT2D eigenvalue weighted by Crippen LogP contribution is -2.26. The minimum absolute atomic E-state index is 0.824. The van der Waals surface area contributed by atoms with Crippen molar-refractivity contribution in [2.45, 2.75) is 51.0 Å². The van der Waals surface area contributed by atoms with Crippen LogP contribution < -0.4 is 5.32 Å². The van der Waals surface area contributed by atoms with Gasteiger partial charge in [0, 0.05) is 17.6 Å². The van der Waals surface area contributed by atoms with Crippen LogP contribution >= 0.6 is 11.3 Å². The first-order valence-electron chi connectivity index (χ1n) is 6.07. The molecule has 1 saturated carbocycles. The normalized spacial score (nSPS) is 17.3. The minimum Gasteiger partial charge on any atom is -0.314 e. The molecular formula is C12H20N2S.